The molecular formula is C23H28N4O. The molecule has 0 aliphatic carbocycles. The number of carbonyl (C=O) groups is 1. The number of carbonyl (C=O) groups excluding carboxylic acids is 1. The molecule has 146 valence electrons. The second-order valence-corrected chi connectivity index (χ2v) is 8.05. The lowest BCUT2D eigenvalue weighted by molar-refractivity contribution is -0.133. The molecular weight excluding hydrogens is 348 g/mol. The van der Waals surface area contributed by atoms with Gasteiger partial charge in [0.1, 0.15) is 5.65 Å². The molecule has 2 aromatic heterocycles. The van der Waals surface area contributed by atoms with Crippen LogP contribution in [0.1, 0.15) is 23.7 Å². The molecule has 0 radical (unpaired) electrons. The minimum absolute atomic E-state index is 0.177. The zero-order chi connectivity index (χ0) is 19.8. The second kappa shape index (κ2) is 7.40. The number of amides is 1. The summed E-state index contributed by atoms with van der Waals surface area (Å²) in [6.07, 6.45) is 2.44. The molecule has 3 heterocycles. The number of fused-ring (bicyclic) bond motifs is 1. The summed E-state index contributed by atoms with van der Waals surface area (Å²) in [5.41, 5.74) is 6.19. The van der Waals surface area contributed by atoms with E-state index in [1.54, 1.807) is 0 Å². The Morgan fingerprint density at radius 3 is 2.50 bits per heavy atom. The van der Waals surface area contributed by atoms with Crippen LogP contribution in [-0.2, 0) is 11.2 Å². The molecule has 1 aliphatic rings. The van der Waals surface area contributed by atoms with Crippen molar-refractivity contribution in [2.24, 2.45) is 0 Å². The summed E-state index contributed by atoms with van der Waals surface area (Å²) in [7, 11) is 2.12. The van der Waals surface area contributed by atoms with E-state index in [-0.39, 0.29) is 5.91 Å². The zero-order valence-corrected chi connectivity index (χ0v) is 17.1. The second-order valence-electron chi connectivity index (χ2n) is 8.05. The van der Waals surface area contributed by atoms with E-state index in [9.17, 15) is 4.79 Å². The van der Waals surface area contributed by atoms with Crippen LogP contribution in [0.25, 0.3) is 16.9 Å². The first-order chi connectivity index (χ1) is 13.4. The van der Waals surface area contributed by atoms with E-state index in [0.29, 0.717) is 12.5 Å². The monoisotopic (exact) mass is 376 g/mol. The number of aryl methyl sites for hydroxylation is 2. The molecule has 0 saturated carbocycles. The molecule has 1 unspecified atom stereocenters. The van der Waals surface area contributed by atoms with Gasteiger partial charge in [-0.3, -0.25) is 4.79 Å². The highest BCUT2D eigenvalue weighted by atomic mass is 16.2. The van der Waals surface area contributed by atoms with E-state index < -0.39 is 0 Å². The standard InChI is InChI=1S/C23H28N4O/c1-16-5-8-19(9-6-16)23-20(27-14-17(2)7-10-21(27)24-23)13-22(28)26-12-11-25(4)18(3)15-26/h5-10,14,18H,11-13,15H2,1-4H3. The van der Waals surface area contributed by atoms with E-state index in [2.05, 4.69) is 73.6 Å². The van der Waals surface area contributed by atoms with Crippen LogP contribution in [-0.4, -0.2) is 57.8 Å². The van der Waals surface area contributed by atoms with E-state index in [4.69, 9.17) is 4.98 Å². The number of piperazine rings is 1. The van der Waals surface area contributed by atoms with Crippen LogP contribution in [0.2, 0.25) is 0 Å². The van der Waals surface area contributed by atoms with Crippen molar-refractivity contribution in [3.8, 4) is 11.3 Å². The third kappa shape index (κ3) is 3.54. The molecule has 1 fully saturated rings. The molecule has 0 bridgehead atoms. The van der Waals surface area contributed by atoms with Gasteiger partial charge in [0, 0.05) is 37.4 Å². The van der Waals surface area contributed by atoms with E-state index in [0.717, 1.165) is 47.8 Å². The Bertz CT molecular complexity index is 1010. The van der Waals surface area contributed by atoms with Crippen LogP contribution < -0.4 is 0 Å². The lowest BCUT2D eigenvalue weighted by Gasteiger charge is -2.37. The minimum atomic E-state index is 0.177. The molecule has 1 atom stereocenters. The Hall–Kier alpha value is -2.66. The first-order valence-corrected chi connectivity index (χ1v) is 9.95. The molecule has 0 spiro atoms. The third-order valence-corrected chi connectivity index (χ3v) is 5.82. The Kier molecular flexibility index (Phi) is 4.94. The van der Waals surface area contributed by atoms with Gasteiger partial charge in [0.15, 0.2) is 0 Å². The SMILES string of the molecule is Cc1ccc(-c2nc3ccc(C)cn3c2CC(=O)N2CCN(C)C(C)C2)cc1. The number of benzene rings is 1. The highest BCUT2D eigenvalue weighted by Crippen LogP contribution is 2.26. The van der Waals surface area contributed by atoms with Gasteiger partial charge in [0.25, 0.3) is 0 Å². The van der Waals surface area contributed by atoms with Gasteiger partial charge in [-0.2, -0.15) is 0 Å². The Morgan fingerprint density at radius 1 is 1.07 bits per heavy atom. The number of imidazole rings is 1. The maximum absolute atomic E-state index is 13.2. The Morgan fingerprint density at radius 2 is 1.79 bits per heavy atom. The smallest absolute Gasteiger partial charge is 0.228 e. The number of likely N-dealkylation sites (N-methyl/N-ethyl adjacent to an activating group) is 1. The highest BCUT2D eigenvalue weighted by Gasteiger charge is 2.26. The van der Waals surface area contributed by atoms with Crippen LogP contribution in [0.3, 0.4) is 0 Å². The number of nitrogens with zero attached hydrogens (tertiary/aromatic N) is 4. The predicted octanol–water partition coefficient (Wildman–Crippen LogP) is 3.32. The van der Waals surface area contributed by atoms with Gasteiger partial charge >= 0.3 is 0 Å². The first kappa shape index (κ1) is 18.7. The van der Waals surface area contributed by atoms with Crippen molar-refractivity contribution in [3.05, 3.63) is 59.4 Å². The Labute approximate surface area is 166 Å². The van der Waals surface area contributed by atoms with E-state index >= 15 is 0 Å². The molecule has 5 nitrogen and oxygen atoms in total. The van der Waals surface area contributed by atoms with Crippen molar-refractivity contribution in [2.75, 3.05) is 26.7 Å². The van der Waals surface area contributed by atoms with Crippen LogP contribution in [0.15, 0.2) is 42.6 Å². The van der Waals surface area contributed by atoms with Gasteiger partial charge < -0.3 is 14.2 Å². The zero-order valence-electron chi connectivity index (χ0n) is 17.1. The summed E-state index contributed by atoms with van der Waals surface area (Å²) >= 11 is 0. The summed E-state index contributed by atoms with van der Waals surface area (Å²) < 4.78 is 2.09. The van der Waals surface area contributed by atoms with Gasteiger partial charge in [-0.1, -0.05) is 35.9 Å². The predicted molar refractivity (Wildman–Crippen MR) is 112 cm³/mol. The summed E-state index contributed by atoms with van der Waals surface area (Å²) in [4.78, 5) is 22.3. The largest absolute Gasteiger partial charge is 0.340 e. The lowest BCUT2D eigenvalue weighted by atomic mass is 10.1. The fraction of sp³-hybridized carbons (Fsp3) is 0.391. The van der Waals surface area contributed by atoms with Crippen molar-refractivity contribution in [3.63, 3.8) is 0 Å². The van der Waals surface area contributed by atoms with Gasteiger partial charge in [0.2, 0.25) is 5.91 Å². The minimum Gasteiger partial charge on any atom is -0.340 e. The summed E-state index contributed by atoms with van der Waals surface area (Å²) in [5.74, 6) is 0.177. The van der Waals surface area contributed by atoms with Crippen LogP contribution in [0.5, 0.6) is 0 Å². The summed E-state index contributed by atoms with van der Waals surface area (Å²) in [5, 5.41) is 0. The van der Waals surface area contributed by atoms with Crippen molar-refractivity contribution in [1.82, 2.24) is 19.2 Å². The number of aromatic nitrogens is 2. The fourth-order valence-electron chi connectivity index (χ4n) is 3.84. The van der Waals surface area contributed by atoms with Crippen molar-refractivity contribution in [1.29, 1.82) is 0 Å². The normalized spacial score (nSPS) is 18.0. The van der Waals surface area contributed by atoms with E-state index in [1.165, 1.54) is 5.56 Å². The number of hydrogen-bond donors (Lipinski definition) is 0. The van der Waals surface area contributed by atoms with Gasteiger partial charge in [-0.15, -0.1) is 0 Å². The number of pyridine rings is 1. The molecule has 1 aliphatic heterocycles. The van der Waals surface area contributed by atoms with Crippen molar-refractivity contribution >= 4 is 11.6 Å². The Balaban J connectivity index is 1.72. The van der Waals surface area contributed by atoms with Gasteiger partial charge in [0.05, 0.1) is 17.8 Å². The van der Waals surface area contributed by atoms with Crippen LogP contribution >= 0.6 is 0 Å². The maximum Gasteiger partial charge on any atom is 0.228 e. The van der Waals surface area contributed by atoms with Crippen molar-refractivity contribution < 1.29 is 4.79 Å². The average Bonchev–Trinajstić information content (AvgIpc) is 3.02. The fourth-order valence-corrected chi connectivity index (χ4v) is 3.84. The number of hydrogen-bond acceptors (Lipinski definition) is 3. The van der Waals surface area contributed by atoms with Gasteiger partial charge in [-0.25, -0.2) is 4.98 Å². The molecule has 3 aromatic rings. The molecule has 1 aromatic carbocycles. The maximum atomic E-state index is 13.2. The molecule has 4 rings (SSSR count). The highest BCUT2D eigenvalue weighted by molar-refractivity contribution is 5.82. The molecule has 5 heteroatoms. The molecule has 28 heavy (non-hydrogen) atoms. The summed E-state index contributed by atoms with van der Waals surface area (Å²) in [6.45, 7) is 8.81. The van der Waals surface area contributed by atoms with Crippen LogP contribution in [0.4, 0.5) is 0 Å². The molecule has 1 amide bonds. The van der Waals surface area contributed by atoms with Crippen LogP contribution in [0, 0.1) is 13.8 Å². The van der Waals surface area contributed by atoms with E-state index in [1.807, 2.05) is 11.0 Å². The quantitative estimate of drug-likeness (QED) is 0.704. The molecule has 1 saturated heterocycles. The summed E-state index contributed by atoms with van der Waals surface area (Å²) in [6, 6.07) is 12.9. The average molecular weight is 377 g/mol. The first-order valence-electron chi connectivity index (χ1n) is 9.95. The third-order valence-electron chi connectivity index (χ3n) is 5.82. The van der Waals surface area contributed by atoms with Crippen molar-refractivity contribution in [2.45, 2.75) is 33.2 Å². The lowest BCUT2D eigenvalue weighted by Crippen LogP contribution is -2.52. The van der Waals surface area contributed by atoms with Gasteiger partial charge in [-0.05, 0) is 39.4 Å². The molecule has 0 N–H and O–H groups in total. The number of rotatable bonds is 3. The topological polar surface area (TPSA) is 40.9 Å².